The standard InChI is InChI=1S/C11H24N2O/c1-10(2)13-7-5-12(6-8-13)9-11(3)14-4/h10-11H,5-9H2,1-4H3/t11-/m0/s1. The molecule has 1 fully saturated rings. The van der Waals surface area contributed by atoms with Crippen LogP contribution in [0.5, 0.6) is 0 Å². The van der Waals surface area contributed by atoms with Crippen LogP contribution in [0.3, 0.4) is 0 Å². The average molecular weight is 200 g/mol. The normalized spacial score (nSPS) is 22.9. The number of hydrogen-bond donors (Lipinski definition) is 0. The molecule has 3 nitrogen and oxygen atoms in total. The fourth-order valence-corrected chi connectivity index (χ4v) is 1.90. The van der Waals surface area contributed by atoms with E-state index in [1.165, 1.54) is 26.2 Å². The van der Waals surface area contributed by atoms with Gasteiger partial charge in [-0.25, -0.2) is 0 Å². The lowest BCUT2D eigenvalue weighted by Gasteiger charge is -2.37. The fraction of sp³-hybridized carbons (Fsp3) is 1.00. The molecular formula is C11H24N2O. The SMILES string of the molecule is CO[C@@H](C)CN1CCN(C(C)C)CC1. The highest BCUT2D eigenvalue weighted by molar-refractivity contribution is 4.75. The molecule has 1 saturated heterocycles. The summed E-state index contributed by atoms with van der Waals surface area (Å²) >= 11 is 0. The third kappa shape index (κ3) is 3.56. The molecular weight excluding hydrogens is 176 g/mol. The minimum Gasteiger partial charge on any atom is -0.380 e. The maximum Gasteiger partial charge on any atom is 0.0670 e. The van der Waals surface area contributed by atoms with Crippen LogP contribution in [0.1, 0.15) is 20.8 Å². The average Bonchev–Trinajstić information content (AvgIpc) is 2.18. The van der Waals surface area contributed by atoms with Crippen LogP contribution < -0.4 is 0 Å². The van der Waals surface area contributed by atoms with Crippen molar-refractivity contribution in [3.63, 3.8) is 0 Å². The van der Waals surface area contributed by atoms with E-state index in [-0.39, 0.29) is 0 Å². The zero-order valence-corrected chi connectivity index (χ0v) is 9.99. The molecule has 0 bridgehead atoms. The van der Waals surface area contributed by atoms with Crippen molar-refractivity contribution >= 4 is 0 Å². The third-order valence-corrected chi connectivity index (χ3v) is 3.05. The van der Waals surface area contributed by atoms with E-state index < -0.39 is 0 Å². The smallest absolute Gasteiger partial charge is 0.0670 e. The van der Waals surface area contributed by atoms with Gasteiger partial charge in [0, 0.05) is 45.9 Å². The van der Waals surface area contributed by atoms with Gasteiger partial charge in [0.1, 0.15) is 0 Å². The lowest BCUT2D eigenvalue weighted by molar-refractivity contribution is 0.0457. The second-order valence-electron chi connectivity index (χ2n) is 4.48. The van der Waals surface area contributed by atoms with Gasteiger partial charge in [-0.15, -0.1) is 0 Å². The zero-order chi connectivity index (χ0) is 10.6. The Bertz CT molecular complexity index is 153. The molecule has 0 aromatic carbocycles. The number of hydrogen-bond acceptors (Lipinski definition) is 3. The van der Waals surface area contributed by atoms with Crippen LogP contribution in [0.4, 0.5) is 0 Å². The van der Waals surface area contributed by atoms with E-state index in [9.17, 15) is 0 Å². The topological polar surface area (TPSA) is 15.7 Å². The number of nitrogens with zero attached hydrogens (tertiary/aromatic N) is 2. The Kier molecular flexibility index (Phi) is 4.85. The van der Waals surface area contributed by atoms with Gasteiger partial charge >= 0.3 is 0 Å². The summed E-state index contributed by atoms with van der Waals surface area (Å²) in [4.78, 5) is 5.03. The molecule has 84 valence electrons. The molecule has 0 aromatic rings. The molecule has 1 aliphatic rings. The molecule has 1 aliphatic heterocycles. The Morgan fingerprint density at radius 1 is 1.07 bits per heavy atom. The van der Waals surface area contributed by atoms with Crippen molar-refractivity contribution in [1.82, 2.24) is 9.80 Å². The fourth-order valence-electron chi connectivity index (χ4n) is 1.90. The van der Waals surface area contributed by atoms with Gasteiger partial charge in [0.2, 0.25) is 0 Å². The van der Waals surface area contributed by atoms with Crippen molar-refractivity contribution in [2.45, 2.75) is 32.9 Å². The van der Waals surface area contributed by atoms with Crippen LogP contribution >= 0.6 is 0 Å². The van der Waals surface area contributed by atoms with Gasteiger partial charge in [0.15, 0.2) is 0 Å². The van der Waals surface area contributed by atoms with E-state index in [1.54, 1.807) is 7.11 Å². The predicted molar refractivity (Wildman–Crippen MR) is 59.6 cm³/mol. The largest absolute Gasteiger partial charge is 0.380 e. The number of rotatable bonds is 4. The van der Waals surface area contributed by atoms with Crippen molar-refractivity contribution in [1.29, 1.82) is 0 Å². The summed E-state index contributed by atoms with van der Waals surface area (Å²) in [6.07, 6.45) is 0.362. The quantitative estimate of drug-likeness (QED) is 0.674. The van der Waals surface area contributed by atoms with Crippen molar-refractivity contribution < 1.29 is 4.74 Å². The molecule has 0 amide bonds. The highest BCUT2D eigenvalue weighted by Crippen LogP contribution is 2.06. The summed E-state index contributed by atoms with van der Waals surface area (Å²) in [5, 5.41) is 0. The summed E-state index contributed by atoms with van der Waals surface area (Å²) in [5.41, 5.74) is 0. The summed E-state index contributed by atoms with van der Waals surface area (Å²) in [5.74, 6) is 0. The van der Waals surface area contributed by atoms with Crippen LogP contribution in [0.15, 0.2) is 0 Å². The number of piperazine rings is 1. The van der Waals surface area contributed by atoms with E-state index in [1.807, 2.05) is 0 Å². The number of ether oxygens (including phenoxy) is 1. The summed E-state index contributed by atoms with van der Waals surface area (Å²) < 4.78 is 5.27. The van der Waals surface area contributed by atoms with Crippen LogP contribution in [0.2, 0.25) is 0 Å². The molecule has 0 spiro atoms. The first kappa shape index (κ1) is 12.0. The highest BCUT2D eigenvalue weighted by atomic mass is 16.5. The summed E-state index contributed by atoms with van der Waals surface area (Å²) in [6, 6.07) is 0.692. The lowest BCUT2D eigenvalue weighted by Crippen LogP contribution is -2.50. The van der Waals surface area contributed by atoms with Crippen molar-refractivity contribution in [3.8, 4) is 0 Å². The van der Waals surface area contributed by atoms with Gasteiger partial charge in [0.05, 0.1) is 6.10 Å². The maximum atomic E-state index is 5.27. The van der Waals surface area contributed by atoms with Gasteiger partial charge in [0.25, 0.3) is 0 Å². The molecule has 0 N–H and O–H groups in total. The van der Waals surface area contributed by atoms with E-state index >= 15 is 0 Å². The third-order valence-electron chi connectivity index (χ3n) is 3.05. The molecule has 0 unspecified atom stereocenters. The van der Waals surface area contributed by atoms with Crippen LogP contribution in [0, 0.1) is 0 Å². The predicted octanol–water partition coefficient (Wildman–Crippen LogP) is 1.05. The molecule has 0 saturated carbocycles. The van der Waals surface area contributed by atoms with Gasteiger partial charge in [-0.1, -0.05) is 0 Å². The van der Waals surface area contributed by atoms with Crippen molar-refractivity contribution in [2.24, 2.45) is 0 Å². The van der Waals surface area contributed by atoms with E-state index in [4.69, 9.17) is 4.74 Å². The Labute approximate surface area is 88.0 Å². The van der Waals surface area contributed by atoms with Crippen LogP contribution in [-0.4, -0.2) is 61.8 Å². The second kappa shape index (κ2) is 5.69. The maximum absolute atomic E-state index is 5.27. The summed E-state index contributed by atoms with van der Waals surface area (Å²) in [6.45, 7) is 12.5. The molecule has 0 aromatic heterocycles. The molecule has 0 aliphatic carbocycles. The van der Waals surface area contributed by atoms with Gasteiger partial charge in [-0.2, -0.15) is 0 Å². The number of methoxy groups -OCH3 is 1. The monoisotopic (exact) mass is 200 g/mol. The summed E-state index contributed by atoms with van der Waals surface area (Å²) in [7, 11) is 1.79. The minimum atomic E-state index is 0.362. The first-order valence-corrected chi connectivity index (χ1v) is 5.62. The molecule has 0 radical (unpaired) electrons. The Morgan fingerprint density at radius 3 is 2.07 bits per heavy atom. The second-order valence-corrected chi connectivity index (χ2v) is 4.48. The van der Waals surface area contributed by atoms with Gasteiger partial charge in [-0.05, 0) is 20.8 Å². The van der Waals surface area contributed by atoms with Crippen LogP contribution in [0.25, 0.3) is 0 Å². The van der Waals surface area contributed by atoms with E-state index in [0.29, 0.717) is 12.1 Å². The van der Waals surface area contributed by atoms with Gasteiger partial charge in [-0.3, -0.25) is 9.80 Å². The zero-order valence-electron chi connectivity index (χ0n) is 9.99. The Hall–Kier alpha value is -0.120. The molecule has 1 atom stereocenters. The van der Waals surface area contributed by atoms with Crippen molar-refractivity contribution in [2.75, 3.05) is 39.8 Å². The van der Waals surface area contributed by atoms with E-state index in [0.717, 1.165) is 6.54 Å². The molecule has 1 rings (SSSR count). The molecule has 14 heavy (non-hydrogen) atoms. The van der Waals surface area contributed by atoms with Gasteiger partial charge < -0.3 is 4.74 Å². The Morgan fingerprint density at radius 2 is 1.64 bits per heavy atom. The van der Waals surface area contributed by atoms with Crippen molar-refractivity contribution in [3.05, 3.63) is 0 Å². The molecule has 3 heteroatoms. The molecule has 1 heterocycles. The van der Waals surface area contributed by atoms with E-state index in [2.05, 4.69) is 30.6 Å². The minimum absolute atomic E-state index is 0.362. The first-order valence-electron chi connectivity index (χ1n) is 5.62. The highest BCUT2D eigenvalue weighted by Gasteiger charge is 2.19. The lowest BCUT2D eigenvalue weighted by atomic mass is 10.2. The Balaban J connectivity index is 2.22. The van der Waals surface area contributed by atoms with Crippen LogP contribution in [-0.2, 0) is 4.74 Å². The first-order chi connectivity index (χ1) is 6.63.